The third kappa shape index (κ3) is 9.69. The zero-order valence-corrected chi connectivity index (χ0v) is 33.8. The van der Waals surface area contributed by atoms with Crippen LogP contribution in [0.3, 0.4) is 0 Å². The maximum atomic E-state index is 11.9. The summed E-state index contributed by atoms with van der Waals surface area (Å²) in [4.78, 5) is 0. The molecule has 2 aromatic rings. The largest absolute Gasteiger partial charge is 0.413 e. The van der Waals surface area contributed by atoms with E-state index in [-0.39, 0.29) is 35.9 Å². The summed E-state index contributed by atoms with van der Waals surface area (Å²) in [6.07, 6.45) is 3.15. The minimum atomic E-state index is -2.74. The lowest BCUT2D eigenvalue weighted by Gasteiger charge is -2.47. The van der Waals surface area contributed by atoms with Gasteiger partial charge in [-0.25, -0.2) is 0 Å². The zero-order chi connectivity index (χ0) is 35.5. The van der Waals surface area contributed by atoms with Gasteiger partial charge in [0.1, 0.15) is 0 Å². The van der Waals surface area contributed by atoms with E-state index in [1.165, 1.54) is 10.4 Å². The van der Waals surface area contributed by atoms with E-state index >= 15 is 0 Å². The van der Waals surface area contributed by atoms with Gasteiger partial charge in [-0.2, -0.15) is 0 Å². The molecule has 1 fully saturated rings. The van der Waals surface area contributed by atoms with Crippen LogP contribution in [0.5, 0.6) is 0 Å². The molecule has 2 aromatic carbocycles. The normalized spacial score (nSPS) is 19.1. The summed E-state index contributed by atoms with van der Waals surface area (Å²) < 4.78 is 26.6. The lowest BCUT2D eigenvalue weighted by Crippen LogP contribution is -2.66. The molecule has 0 aliphatic carbocycles. The highest BCUT2D eigenvalue weighted by Gasteiger charge is 2.51. The molecule has 0 bridgehead atoms. The molecular formula is C40H68O6Si2. The summed E-state index contributed by atoms with van der Waals surface area (Å²) in [7, 11) is -5.05. The van der Waals surface area contributed by atoms with Crippen molar-refractivity contribution in [3.63, 3.8) is 0 Å². The van der Waals surface area contributed by atoms with Crippen molar-refractivity contribution in [2.45, 2.75) is 142 Å². The van der Waals surface area contributed by atoms with Crippen LogP contribution in [-0.2, 0) is 18.3 Å². The van der Waals surface area contributed by atoms with Gasteiger partial charge >= 0.3 is 0 Å². The Labute approximate surface area is 295 Å². The quantitative estimate of drug-likeness (QED) is 0.145. The fourth-order valence-corrected chi connectivity index (χ4v) is 18.7. The highest BCUT2D eigenvalue weighted by atomic mass is 28.4. The maximum Gasteiger partial charge on any atom is 0.261 e. The fraction of sp³-hybridized carbons (Fsp3) is 0.700. The van der Waals surface area contributed by atoms with Crippen molar-refractivity contribution in [2.75, 3.05) is 26.4 Å². The number of aliphatic hydroxyl groups is 2. The standard InChI is InChI=1S/C40H68O6Si2/c1-30(2)47(31(3)4,32(5)6)46-37(33(7)39(42)34(29-41)24-27-44-38-23-17-18-26-43-38)25-28-45-48(40(8,9)10,35-19-13-11-14-20-35)36-21-15-12-16-22-36/h11-16,19-22,30-34,37-39,41-42H,17-18,23-29H2,1-10H3/t33-,34+,37+,38?,39-/m0/s1. The van der Waals surface area contributed by atoms with E-state index < -0.39 is 22.7 Å². The predicted octanol–water partition coefficient (Wildman–Crippen LogP) is 8.05. The van der Waals surface area contributed by atoms with Gasteiger partial charge in [0.05, 0.1) is 18.8 Å². The fourth-order valence-electron chi connectivity index (χ4n) is 8.40. The molecule has 2 N–H and O–H groups in total. The van der Waals surface area contributed by atoms with Gasteiger partial charge in [-0.15, -0.1) is 0 Å². The number of ether oxygens (including phenoxy) is 2. The molecule has 1 aliphatic rings. The third-order valence-electron chi connectivity index (χ3n) is 11.0. The van der Waals surface area contributed by atoms with Crippen molar-refractivity contribution in [3.05, 3.63) is 60.7 Å². The van der Waals surface area contributed by atoms with Crippen LogP contribution in [0.4, 0.5) is 0 Å². The smallest absolute Gasteiger partial charge is 0.261 e. The van der Waals surface area contributed by atoms with Gasteiger partial charge in [-0.05, 0) is 64.1 Å². The molecule has 0 aromatic heterocycles. The second kappa shape index (κ2) is 18.7. The number of aliphatic hydroxyl groups excluding tert-OH is 2. The number of benzene rings is 2. The molecule has 1 heterocycles. The summed E-state index contributed by atoms with van der Waals surface area (Å²) >= 11 is 0. The van der Waals surface area contributed by atoms with Crippen LogP contribution >= 0.6 is 0 Å². The van der Waals surface area contributed by atoms with Crippen LogP contribution in [0.2, 0.25) is 21.7 Å². The van der Waals surface area contributed by atoms with E-state index in [1.807, 2.05) is 0 Å². The van der Waals surface area contributed by atoms with Gasteiger partial charge in [-0.1, -0.05) is 130 Å². The van der Waals surface area contributed by atoms with Crippen molar-refractivity contribution in [1.29, 1.82) is 0 Å². The Kier molecular flexibility index (Phi) is 16.0. The molecule has 1 saturated heterocycles. The molecular weight excluding hydrogens is 633 g/mol. The summed E-state index contributed by atoms with van der Waals surface area (Å²) in [5.74, 6) is -0.528. The van der Waals surface area contributed by atoms with Gasteiger partial charge in [-0.3, -0.25) is 0 Å². The van der Waals surface area contributed by atoms with Crippen LogP contribution in [0.15, 0.2) is 60.7 Å². The van der Waals surface area contributed by atoms with Gasteiger partial charge in [0.15, 0.2) is 6.29 Å². The molecule has 5 atom stereocenters. The Morgan fingerprint density at radius 2 is 1.33 bits per heavy atom. The Morgan fingerprint density at radius 3 is 1.77 bits per heavy atom. The summed E-state index contributed by atoms with van der Waals surface area (Å²) in [5.41, 5.74) is 1.21. The van der Waals surface area contributed by atoms with E-state index in [4.69, 9.17) is 18.3 Å². The SMILES string of the molecule is CC(C)[Si](O[C@H](CCO[Si](c1ccccc1)(c1ccccc1)C(C)(C)C)[C@H](C)[C@H](O)[C@@H](CO)CCOC1CCCCO1)(C(C)C)C(C)C. The van der Waals surface area contributed by atoms with Crippen LogP contribution < -0.4 is 10.4 Å². The monoisotopic (exact) mass is 700 g/mol. The Balaban J connectivity index is 1.93. The topological polar surface area (TPSA) is 77.4 Å². The molecule has 0 amide bonds. The number of rotatable bonds is 19. The average Bonchev–Trinajstić information content (AvgIpc) is 3.06. The van der Waals surface area contributed by atoms with Crippen molar-refractivity contribution in [2.24, 2.45) is 11.8 Å². The van der Waals surface area contributed by atoms with Crippen LogP contribution in [0, 0.1) is 11.8 Å². The van der Waals surface area contributed by atoms with E-state index in [0.717, 1.165) is 25.9 Å². The first-order valence-electron chi connectivity index (χ1n) is 18.7. The Bertz CT molecular complexity index is 1100. The summed E-state index contributed by atoms with van der Waals surface area (Å²) in [5, 5.41) is 24.8. The summed E-state index contributed by atoms with van der Waals surface area (Å²) in [6.45, 7) is 24.5. The molecule has 3 rings (SSSR count). The van der Waals surface area contributed by atoms with Crippen molar-refractivity contribution < 1.29 is 28.5 Å². The second-order valence-corrected chi connectivity index (χ2v) is 25.7. The van der Waals surface area contributed by atoms with Crippen LogP contribution in [0.25, 0.3) is 0 Å². The van der Waals surface area contributed by atoms with Gasteiger partial charge in [0.2, 0.25) is 8.32 Å². The highest BCUT2D eigenvalue weighted by molar-refractivity contribution is 6.99. The minimum absolute atomic E-state index is 0.104. The Hall–Kier alpha value is -1.37. The van der Waals surface area contributed by atoms with Gasteiger partial charge in [0, 0.05) is 31.7 Å². The molecule has 1 unspecified atom stereocenters. The molecule has 48 heavy (non-hydrogen) atoms. The van der Waals surface area contributed by atoms with E-state index in [2.05, 4.69) is 130 Å². The highest BCUT2D eigenvalue weighted by Crippen LogP contribution is 2.45. The molecule has 0 saturated carbocycles. The first-order chi connectivity index (χ1) is 22.7. The van der Waals surface area contributed by atoms with Crippen molar-refractivity contribution >= 4 is 27.0 Å². The maximum absolute atomic E-state index is 11.9. The molecule has 1 aliphatic heterocycles. The zero-order valence-electron chi connectivity index (χ0n) is 31.8. The average molecular weight is 701 g/mol. The minimum Gasteiger partial charge on any atom is -0.413 e. The lowest BCUT2D eigenvalue weighted by atomic mass is 9.86. The molecule has 0 spiro atoms. The van der Waals surface area contributed by atoms with E-state index in [1.54, 1.807) is 0 Å². The summed E-state index contributed by atoms with van der Waals surface area (Å²) in [6, 6.07) is 21.5. The predicted molar refractivity (Wildman–Crippen MR) is 204 cm³/mol. The molecule has 0 radical (unpaired) electrons. The molecule has 272 valence electrons. The van der Waals surface area contributed by atoms with Gasteiger partial charge in [0.25, 0.3) is 8.32 Å². The van der Waals surface area contributed by atoms with Gasteiger partial charge < -0.3 is 28.5 Å². The second-order valence-electron chi connectivity index (χ2n) is 16.0. The van der Waals surface area contributed by atoms with Crippen molar-refractivity contribution in [1.82, 2.24) is 0 Å². The number of hydrogen-bond acceptors (Lipinski definition) is 6. The van der Waals surface area contributed by atoms with Crippen LogP contribution in [0.1, 0.15) is 101 Å². The molecule has 6 nitrogen and oxygen atoms in total. The first-order valence-corrected chi connectivity index (χ1v) is 22.7. The van der Waals surface area contributed by atoms with E-state index in [0.29, 0.717) is 42.7 Å². The third-order valence-corrected chi connectivity index (χ3v) is 22.1. The molecule has 8 heteroatoms. The van der Waals surface area contributed by atoms with E-state index in [9.17, 15) is 10.2 Å². The van der Waals surface area contributed by atoms with Crippen molar-refractivity contribution in [3.8, 4) is 0 Å². The first kappa shape index (κ1) is 41.1. The van der Waals surface area contributed by atoms with Crippen LogP contribution in [-0.4, -0.2) is 71.8 Å². The lowest BCUT2D eigenvalue weighted by molar-refractivity contribution is -0.166. The number of hydrogen-bond donors (Lipinski definition) is 2. The Morgan fingerprint density at radius 1 is 0.792 bits per heavy atom.